The standard InChI is InChI=1S/C35H41N7O4/c43-32(27-9-6-10-28(23-27)34(44)40-16-15-36-25-33-38-17-18-39-33)24-37-19-22-42-20-13-29(14-21-42)46-35(45)41-31-12-5-4-11-30(31)26-7-2-1-3-8-26/h1-12,17-18,23,29,36-37H,13-16,19-22,24-25H2,(H,38,39)(H,40,44)(H,41,45). The van der Waals surface area contributed by atoms with Crippen LogP contribution in [0.4, 0.5) is 10.5 Å². The fourth-order valence-electron chi connectivity index (χ4n) is 5.35. The first-order valence-corrected chi connectivity index (χ1v) is 15.7. The number of likely N-dealkylation sites (tertiary alicyclic amines) is 1. The van der Waals surface area contributed by atoms with Crippen LogP contribution in [0.15, 0.2) is 91.3 Å². The number of piperidine rings is 1. The van der Waals surface area contributed by atoms with Gasteiger partial charge in [-0.05, 0) is 36.6 Å². The summed E-state index contributed by atoms with van der Waals surface area (Å²) in [6.45, 7) is 4.89. The van der Waals surface area contributed by atoms with Gasteiger partial charge >= 0.3 is 6.09 Å². The number of ether oxygens (including phenoxy) is 1. The number of carbonyl (C=O) groups excluding carboxylic acids is 3. The monoisotopic (exact) mass is 623 g/mol. The molecule has 5 N–H and O–H groups in total. The lowest BCUT2D eigenvalue weighted by Crippen LogP contribution is -2.42. The third-order valence-corrected chi connectivity index (χ3v) is 7.83. The van der Waals surface area contributed by atoms with E-state index in [0.717, 1.165) is 55.1 Å². The molecule has 5 rings (SSSR count). The van der Waals surface area contributed by atoms with Gasteiger partial charge in [0.05, 0.1) is 18.8 Å². The van der Waals surface area contributed by atoms with E-state index in [4.69, 9.17) is 4.74 Å². The van der Waals surface area contributed by atoms with Gasteiger partial charge in [0, 0.05) is 68.4 Å². The van der Waals surface area contributed by atoms with Crippen LogP contribution < -0.4 is 21.3 Å². The number of para-hydroxylation sites is 1. The van der Waals surface area contributed by atoms with E-state index in [1.165, 1.54) is 0 Å². The number of anilines is 1. The van der Waals surface area contributed by atoms with E-state index < -0.39 is 6.09 Å². The summed E-state index contributed by atoms with van der Waals surface area (Å²) in [4.78, 5) is 47.5. The van der Waals surface area contributed by atoms with Crippen LogP contribution in [0.2, 0.25) is 0 Å². The highest BCUT2D eigenvalue weighted by atomic mass is 16.6. The Bertz CT molecular complexity index is 1550. The van der Waals surface area contributed by atoms with Gasteiger partial charge in [-0.25, -0.2) is 9.78 Å². The molecule has 0 bridgehead atoms. The fourth-order valence-corrected chi connectivity index (χ4v) is 5.35. The van der Waals surface area contributed by atoms with Gasteiger partial charge in [-0.15, -0.1) is 0 Å². The Kier molecular flexibility index (Phi) is 12.0. The highest BCUT2D eigenvalue weighted by Crippen LogP contribution is 2.28. The van der Waals surface area contributed by atoms with Crippen LogP contribution in [0, 0.1) is 0 Å². The van der Waals surface area contributed by atoms with Gasteiger partial charge in [0.15, 0.2) is 5.78 Å². The van der Waals surface area contributed by atoms with Crippen LogP contribution in [0.5, 0.6) is 0 Å². The van der Waals surface area contributed by atoms with Crippen molar-refractivity contribution in [2.45, 2.75) is 25.5 Å². The second kappa shape index (κ2) is 17.0. The number of carbonyl (C=O) groups is 3. The Hall–Kier alpha value is -4.84. The molecule has 0 spiro atoms. The summed E-state index contributed by atoms with van der Waals surface area (Å²) in [5, 5.41) is 12.2. The summed E-state index contributed by atoms with van der Waals surface area (Å²) in [5.41, 5.74) is 3.65. The first-order chi connectivity index (χ1) is 22.5. The maximum absolute atomic E-state index is 12.8. The van der Waals surface area contributed by atoms with Gasteiger partial charge in [-0.2, -0.15) is 0 Å². The summed E-state index contributed by atoms with van der Waals surface area (Å²) in [6.07, 6.45) is 4.38. The molecule has 1 aromatic heterocycles. The average Bonchev–Trinajstić information content (AvgIpc) is 3.61. The molecule has 0 radical (unpaired) electrons. The summed E-state index contributed by atoms with van der Waals surface area (Å²) in [5.74, 6) is 0.551. The van der Waals surface area contributed by atoms with E-state index in [9.17, 15) is 14.4 Å². The number of nitrogens with zero attached hydrogens (tertiary/aromatic N) is 2. The number of rotatable bonds is 15. The van der Waals surface area contributed by atoms with Crippen molar-refractivity contribution in [3.05, 3.63) is 108 Å². The molecule has 46 heavy (non-hydrogen) atoms. The molecule has 0 unspecified atom stereocenters. The minimum Gasteiger partial charge on any atom is -0.446 e. The molecule has 1 aliphatic heterocycles. The normalized spacial score (nSPS) is 13.7. The SMILES string of the molecule is O=C(Nc1ccccc1-c1ccccc1)OC1CCN(CCNCC(=O)c2cccc(C(=O)NCCNCc3ncc[nH]3)c2)CC1. The van der Waals surface area contributed by atoms with Crippen molar-refractivity contribution >= 4 is 23.5 Å². The van der Waals surface area contributed by atoms with Crippen molar-refractivity contribution in [2.75, 3.05) is 51.1 Å². The number of aromatic amines is 1. The van der Waals surface area contributed by atoms with E-state index in [-0.39, 0.29) is 24.3 Å². The second-order valence-electron chi connectivity index (χ2n) is 11.1. The molecule has 1 fully saturated rings. The molecular formula is C35H41N7O4. The first kappa shape index (κ1) is 32.6. The van der Waals surface area contributed by atoms with Crippen molar-refractivity contribution in [3.63, 3.8) is 0 Å². The highest BCUT2D eigenvalue weighted by Gasteiger charge is 2.22. The Balaban J connectivity index is 0.959. The molecule has 3 aromatic carbocycles. The molecule has 4 aromatic rings. The predicted octanol–water partition coefficient (Wildman–Crippen LogP) is 4.08. The van der Waals surface area contributed by atoms with Crippen LogP contribution in [0.3, 0.4) is 0 Å². The van der Waals surface area contributed by atoms with E-state index >= 15 is 0 Å². The molecule has 0 saturated carbocycles. The molecule has 1 saturated heterocycles. The van der Waals surface area contributed by atoms with E-state index in [1.807, 2.05) is 54.6 Å². The Morgan fingerprint density at radius 3 is 2.46 bits per heavy atom. The van der Waals surface area contributed by atoms with Gasteiger partial charge in [0.25, 0.3) is 5.91 Å². The number of imidazole rings is 1. The number of Topliss-reactive ketones (excluding diaryl/α,β-unsaturated/α-hetero) is 1. The number of amides is 2. The van der Waals surface area contributed by atoms with E-state index in [2.05, 4.69) is 36.1 Å². The molecule has 2 amide bonds. The molecule has 11 heteroatoms. The fraction of sp³-hybridized carbons (Fsp3) is 0.314. The number of hydrogen-bond acceptors (Lipinski definition) is 8. The van der Waals surface area contributed by atoms with Crippen molar-refractivity contribution < 1.29 is 19.1 Å². The maximum Gasteiger partial charge on any atom is 0.411 e. The quantitative estimate of drug-likeness (QED) is 0.0986. The predicted molar refractivity (Wildman–Crippen MR) is 178 cm³/mol. The molecule has 11 nitrogen and oxygen atoms in total. The van der Waals surface area contributed by atoms with Gasteiger partial charge in [-0.3, -0.25) is 14.9 Å². The summed E-state index contributed by atoms with van der Waals surface area (Å²) < 4.78 is 5.74. The lowest BCUT2D eigenvalue weighted by Gasteiger charge is -2.31. The molecule has 0 aliphatic carbocycles. The number of nitrogens with one attached hydrogen (secondary N) is 5. The minimum absolute atomic E-state index is 0.0678. The zero-order valence-electron chi connectivity index (χ0n) is 25.8. The Morgan fingerprint density at radius 2 is 1.65 bits per heavy atom. The summed E-state index contributed by atoms with van der Waals surface area (Å²) in [7, 11) is 0. The number of H-pyrrole nitrogens is 1. The topological polar surface area (TPSA) is 140 Å². The zero-order valence-corrected chi connectivity index (χ0v) is 25.8. The Labute approximate surface area is 269 Å². The molecule has 240 valence electrons. The lowest BCUT2D eigenvalue weighted by molar-refractivity contribution is 0.0593. The molecule has 2 heterocycles. The number of ketones is 1. The largest absolute Gasteiger partial charge is 0.446 e. The minimum atomic E-state index is -0.443. The Morgan fingerprint density at radius 1 is 0.870 bits per heavy atom. The smallest absolute Gasteiger partial charge is 0.411 e. The zero-order chi connectivity index (χ0) is 32.0. The highest BCUT2D eigenvalue weighted by molar-refractivity contribution is 6.01. The van der Waals surface area contributed by atoms with E-state index in [0.29, 0.717) is 37.3 Å². The van der Waals surface area contributed by atoms with Gasteiger partial charge in [0.2, 0.25) is 0 Å². The van der Waals surface area contributed by atoms with Crippen LogP contribution in [-0.2, 0) is 11.3 Å². The third kappa shape index (κ3) is 9.83. The van der Waals surface area contributed by atoms with Gasteiger partial charge in [-0.1, -0.05) is 60.7 Å². The van der Waals surface area contributed by atoms with Crippen molar-refractivity contribution in [1.82, 2.24) is 30.8 Å². The number of aromatic nitrogens is 2. The van der Waals surface area contributed by atoms with Crippen LogP contribution in [0.25, 0.3) is 11.1 Å². The first-order valence-electron chi connectivity index (χ1n) is 15.7. The molecule has 0 atom stereocenters. The van der Waals surface area contributed by atoms with Crippen molar-refractivity contribution in [1.29, 1.82) is 0 Å². The van der Waals surface area contributed by atoms with Crippen LogP contribution in [0.1, 0.15) is 39.4 Å². The summed E-state index contributed by atoms with van der Waals surface area (Å²) in [6, 6.07) is 24.4. The second-order valence-corrected chi connectivity index (χ2v) is 11.1. The maximum atomic E-state index is 12.8. The van der Waals surface area contributed by atoms with Crippen LogP contribution in [-0.4, -0.2) is 84.6 Å². The van der Waals surface area contributed by atoms with Gasteiger partial charge in [0.1, 0.15) is 11.9 Å². The number of hydrogen-bond donors (Lipinski definition) is 5. The van der Waals surface area contributed by atoms with Crippen molar-refractivity contribution in [3.8, 4) is 11.1 Å². The lowest BCUT2D eigenvalue weighted by atomic mass is 10.0. The average molecular weight is 624 g/mol. The number of benzene rings is 3. The van der Waals surface area contributed by atoms with Crippen molar-refractivity contribution in [2.24, 2.45) is 0 Å². The summed E-state index contributed by atoms with van der Waals surface area (Å²) >= 11 is 0. The van der Waals surface area contributed by atoms with Gasteiger partial charge < -0.3 is 30.6 Å². The van der Waals surface area contributed by atoms with Crippen LogP contribution >= 0.6 is 0 Å². The van der Waals surface area contributed by atoms with E-state index in [1.54, 1.807) is 36.7 Å². The third-order valence-electron chi connectivity index (χ3n) is 7.83. The molecular weight excluding hydrogens is 582 g/mol. The molecule has 1 aliphatic rings.